The van der Waals surface area contributed by atoms with Crippen LogP contribution in [0.5, 0.6) is 0 Å². The normalized spacial score (nSPS) is 15.1. The number of pyridine rings is 1. The Balaban J connectivity index is 2.68. The van der Waals surface area contributed by atoms with E-state index in [1.807, 2.05) is 6.20 Å². The van der Waals surface area contributed by atoms with E-state index >= 15 is 0 Å². The molecule has 0 radical (unpaired) electrons. The van der Waals surface area contributed by atoms with Crippen molar-refractivity contribution >= 4 is 15.9 Å². The van der Waals surface area contributed by atoms with Crippen LogP contribution in [0, 0.1) is 0 Å². The Kier molecular flexibility index (Phi) is 4.08. The van der Waals surface area contributed by atoms with Gasteiger partial charge in [0.2, 0.25) is 0 Å². The number of halogens is 1. The second-order valence-electron chi connectivity index (χ2n) is 4.09. The number of nitrogens with two attached hydrogens (primary N) is 1. The van der Waals surface area contributed by atoms with Crippen molar-refractivity contribution in [2.75, 3.05) is 0 Å². The molecule has 2 nitrogen and oxygen atoms in total. The Morgan fingerprint density at radius 1 is 1.50 bits per heavy atom. The van der Waals surface area contributed by atoms with Gasteiger partial charge in [-0.2, -0.15) is 0 Å². The predicted molar refractivity (Wildman–Crippen MR) is 63.1 cm³/mol. The first-order valence-corrected chi connectivity index (χ1v) is 5.71. The molecule has 0 aromatic carbocycles. The molecule has 0 aliphatic heterocycles. The summed E-state index contributed by atoms with van der Waals surface area (Å²) in [4.78, 5) is 4.13. The summed E-state index contributed by atoms with van der Waals surface area (Å²) in [6.45, 7) is 4.25. The topological polar surface area (TPSA) is 38.9 Å². The highest BCUT2D eigenvalue weighted by Gasteiger charge is 2.17. The highest BCUT2D eigenvalue weighted by Crippen LogP contribution is 2.17. The lowest BCUT2D eigenvalue weighted by Crippen LogP contribution is -2.38. The lowest BCUT2D eigenvalue weighted by molar-refractivity contribution is 0.424. The number of hydrogen-bond donors (Lipinski definition) is 1. The largest absolute Gasteiger partial charge is 0.325 e. The van der Waals surface area contributed by atoms with Crippen molar-refractivity contribution in [3.05, 3.63) is 28.5 Å². The Hall–Kier alpha value is -0.410. The molecule has 0 spiro atoms. The summed E-state index contributed by atoms with van der Waals surface area (Å²) in [6.07, 6.45) is 6.71. The molecule has 14 heavy (non-hydrogen) atoms. The fourth-order valence-electron chi connectivity index (χ4n) is 1.68. The lowest BCUT2D eigenvalue weighted by atomic mass is 9.90. The smallest absolute Gasteiger partial charge is 0.0410 e. The monoisotopic (exact) mass is 256 g/mol. The van der Waals surface area contributed by atoms with E-state index in [2.05, 4.69) is 40.8 Å². The summed E-state index contributed by atoms with van der Waals surface area (Å²) >= 11 is 3.41. The van der Waals surface area contributed by atoms with E-state index < -0.39 is 0 Å². The van der Waals surface area contributed by atoms with Crippen LogP contribution in [0.15, 0.2) is 22.9 Å². The van der Waals surface area contributed by atoms with E-state index in [1.54, 1.807) is 6.20 Å². The van der Waals surface area contributed by atoms with Crippen LogP contribution in [0.2, 0.25) is 0 Å². The van der Waals surface area contributed by atoms with E-state index in [-0.39, 0.29) is 5.54 Å². The molecular formula is C11H17BrN2. The quantitative estimate of drug-likeness (QED) is 0.900. The second-order valence-corrected chi connectivity index (χ2v) is 5.01. The number of aromatic nitrogens is 1. The molecule has 1 atom stereocenters. The first-order chi connectivity index (χ1) is 6.53. The molecule has 1 aromatic rings. The zero-order valence-corrected chi connectivity index (χ0v) is 10.3. The van der Waals surface area contributed by atoms with E-state index in [9.17, 15) is 0 Å². The van der Waals surface area contributed by atoms with Gasteiger partial charge in [0.1, 0.15) is 0 Å². The zero-order chi connectivity index (χ0) is 10.6. The Bertz CT molecular complexity index is 297. The predicted octanol–water partition coefficient (Wildman–Crippen LogP) is 2.90. The van der Waals surface area contributed by atoms with Gasteiger partial charge in [0.05, 0.1) is 0 Å². The second kappa shape index (κ2) is 4.89. The summed E-state index contributed by atoms with van der Waals surface area (Å²) in [5.74, 6) is 0. The minimum atomic E-state index is -0.114. The molecule has 2 N–H and O–H groups in total. The third-order valence-corrected chi connectivity index (χ3v) is 2.62. The van der Waals surface area contributed by atoms with Crippen molar-refractivity contribution < 1.29 is 0 Å². The van der Waals surface area contributed by atoms with E-state index in [0.717, 1.165) is 23.7 Å². The summed E-state index contributed by atoms with van der Waals surface area (Å²) in [7, 11) is 0. The van der Waals surface area contributed by atoms with Crippen molar-refractivity contribution in [2.45, 2.75) is 38.6 Å². The molecule has 0 fully saturated rings. The fourth-order valence-corrected chi connectivity index (χ4v) is 2.09. The molecule has 1 rings (SSSR count). The van der Waals surface area contributed by atoms with Gasteiger partial charge in [0.15, 0.2) is 0 Å². The highest BCUT2D eigenvalue weighted by molar-refractivity contribution is 9.10. The molecule has 1 aromatic heterocycles. The molecule has 0 amide bonds. The van der Waals surface area contributed by atoms with Crippen LogP contribution in [-0.4, -0.2) is 10.5 Å². The number of hydrogen-bond acceptors (Lipinski definition) is 2. The van der Waals surface area contributed by atoms with E-state index in [0.29, 0.717) is 0 Å². The highest BCUT2D eigenvalue weighted by atomic mass is 79.9. The van der Waals surface area contributed by atoms with Gasteiger partial charge in [-0.25, -0.2) is 0 Å². The van der Waals surface area contributed by atoms with Crippen LogP contribution in [0.4, 0.5) is 0 Å². The van der Waals surface area contributed by atoms with Crippen molar-refractivity contribution in [1.29, 1.82) is 0 Å². The molecule has 3 heteroatoms. The molecule has 1 heterocycles. The Labute approximate surface area is 94.0 Å². The van der Waals surface area contributed by atoms with Crippen LogP contribution in [0.25, 0.3) is 0 Å². The maximum absolute atomic E-state index is 6.17. The molecule has 0 saturated heterocycles. The number of rotatable bonds is 4. The standard InChI is InChI=1S/C11H17BrN2/c1-3-4-11(2,13)6-9-5-10(12)8-14-7-9/h5,7-8H,3-4,6,13H2,1-2H3. The molecule has 0 saturated carbocycles. The SMILES string of the molecule is CCCC(C)(N)Cc1cncc(Br)c1. The summed E-state index contributed by atoms with van der Waals surface area (Å²) in [5, 5.41) is 0. The van der Waals surface area contributed by atoms with Crippen molar-refractivity contribution in [1.82, 2.24) is 4.98 Å². The fraction of sp³-hybridized carbons (Fsp3) is 0.545. The summed E-state index contributed by atoms with van der Waals surface area (Å²) in [5.41, 5.74) is 7.24. The van der Waals surface area contributed by atoms with Gasteiger partial charge in [0.25, 0.3) is 0 Å². The zero-order valence-electron chi connectivity index (χ0n) is 8.76. The average Bonchev–Trinajstić information content (AvgIpc) is 2.02. The molecule has 0 aliphatic carbocycles. The van der Waals surface area contributed by atoms with Gasteiger partial charge in [-0.05, 0) is 47.3 Å². The Morgan fingerprint density at radius 2 is 2.21 bits per heavy atom. The average molecular weight is 257 g/mol. The van der Waals surface area contributed by atoms with Crippen LogP contribution in [-0.2, 0) is 6.42 Å². The van der Waals surface area contributed by atoms with Gasteiger partial charge < -0.3 is 5.73 Å². The lowest BCUT2D eigenvalue weighted by Gasteiger charge is -2.23. The van der Waals surface area contributed by atoms with E-state index in [1.165, 1.54) is 5.56 Å². The van der Waals surface area contributed by atoms with Crippen LogP contribution >= 0.6 is 15.9 Å². The summed E-state index contributed by atoms with van der Waals surface area (Å²) < 4.78 is 1.02. The summed E-state index contributed by atoms with van der Waals surface area (Å²) in [6, 6.07) is 2.08. The third-order valence-electron chi connectivity index (χ3n) is 2.19. The minimum absolute atomic E-state index is 0.114. The van der Waals surface area contributed by atoms with E-state index in [4.69, 9.17) is 5.73 Å². The maximum Gasteiger partial charge on any atom is 0.0410 e. The molecule has 0 bridgehead atoms. The van der Waals surface area contributed by atoms with Crippen molar-refractivity contribution in [3.8, 4) is 0 Å². The third kappa shape index (κ3) is 3.76. The molecular weight excluding hydrogens is 240 g/mol. The van der Waals surface area contributed by atoms with Gasteiger partial charge >= 0.3 is 0 Å². The van der Waals surface area contributed by atoms with Gasteiger partial charge in [-0.1, -0.05) is 13.3 Å². The molecule has 78 valence electrons. The van der Waals surface area contributed by atoms with Gasteiger partial charge in [-0.3, -0.25) is 4.98 Å². The van der Waals surface area contributed by atoms with Crippen LogP contribution < -0.4 is 5.73 Å². The maximum atomic E-state index is 6.17. The first kappa shape index (κ1) is 11.7. The minimum Gasteiger partial charge on any atom is -0.325 e. The Morgan fingerprint density at radius 3 is 2.79 bits per heavy atom. The number of nitrogens with zero attached hydrogens (tertiary/aromatic N) is 1. The van der Waals surface area contributed by atoms with Crippen molar-refractivity contribution in [2.24, 2.45) is 5.73 Å². The van der Waals surface area contributed by atoms with Gasteiger partial charge in [0, 0.05) is 22.4 Å². The first-order valence-electron chi connectivity index (χ1n) is 4.92. The molecule has 1 unspecified atom stereocenters. The van der Waals surface area contributed by atoms with Crippen molar-refractivity contribution in [3.63, 3.8) is 0 Å². The van der Waals surface area contributed by atoms with Crippen LogP contribution in [0.3, 0.4) is 0 Å². The van der Waals surface area contributed by atoms with Crippen LogP contribution in [0.1, 0.15) is 32.3 Å². The van der Waals surface area contributed by atoms with Gasteiger partial charge in [-0.15, -0.1) is 0 Å². The molecule has 0 aliphatic rings.